The number of nitrogens with one attached hydrogen (secondary N) is 3. The molecule has 226 valence electrons. The second-order valence-corrected chi connectivity index (χ2v) is 11.2. The minimum atomic E-state index is -1.43. The van der Waals surface area contributed by atoms with E-state index in [0.717, 1.165) is 31.3 Å². The fraction of sp³-hybridized carbons (Fsp3) is 0.333. The number of aliphatic hydroxyl groups is 1. The van der Waals surface area contributed by atoms with Crippen LogP contribution in [-0.4, -0.2) is 66.2 Å². The second kappa shape index (κ2) is 12.8. The number of nitrogens with zero attached hydrogens (tertiary/aromatic N) is 5. The van der Waals surface area contributed by atoms with Crippen molar-refractivity contribution in [1.82, 2.24) is 14.9 Å². The summed E-state index contributed by atoms with van der Waals surface area (Å²) in [7, 11) is 5.61. The molecule has 1 aromatic heterocycles. The number of rotatable bonds is 10. The van der Waals surface area contributed by atoms with Gasteiger partial charge in [-0.2, -0.15) is 10.2 Å². The third kappa shape index (κ3) is 7.14. The van der Waals surface area contributed by atoms with E-state index in [1.54, 1.807) is 6.07 Å². The zero-order valence-corrected chi connectivity index (χ0v) is 25.4. The largest absolute Gasteiger partial charge is 0.494 e. The molecule has 1 saturated heterocycles. The van der Waals surface area contributed by atoms with Crippen molar-refractivity contribution in [3.63, 3.8) is 0 Å². The first-order valence-corrected chi connectivity index (χ1v) is 13.8. The van der Waals surface area contributed by atoms with Crippen LogP contribution in [0, 0.1) is 17.1 Å². The first-order chi connectivity index (χ1) is 20.3. The van der Waals surface area contributed by atoms with Crippen LogP contribution in [0.15, 0.2) is 43.1 Å². The van der Waals surface area contributed by atoms with Gasteiger partial charge in [0.1, 0.15) is 23.2 Å². The van der Waals surface area contributed by atoms with Crippen molar-refractivity contribution in [1.29, 1.82) is 5.26 Å². The molecule has 1 aliphatic rings. The van der Waals surface area contributed by atoms with E-state index in [1.165, 1.54) is 39.3 Å². The van der Waals surface area contributed by atoms with Gasteiger partial charge in [0.15, 0.2) is 5.82 Å². The van der Waals surface area contributed by atoms with Gasteiger partial charge in [0.25, 0.3) is 0 Å². The molecule has 2 aromatic carbocycles. The summed E-state index contributed by atoms with van der Waals surface area (Å²) in [5.41, 5.74) is 0.915. The van der Waals surface area contributed by atoms with Crippen molar-refractivity contribution in [3.05, 3.63) is 65.1 Å². The Morgan fingerprint density at radius 2 is 2.02 bits per heavy atom. The van der Waals surface area contributed by atoms with Crippen molar-refractivity contribution >= 4 is 52.0 Å². The molecule has 43 heavy (non-hydrogen) atoms. The number of amides is 1. The molecule has 1 atom stereocenters. The first-order valence-electron chi connectivity index (χ1n) is 13.4. The van der Waals surface area contributed by atoms with Gasteiger partial charge in [0, 0.05) is 36.4 Å². The smallest absolute Gasteiger partial charge is 0.247 e. The molecule has 0 saturated carbocycles. The van der Waals surface area contributed by atoms with Crippen molar-refractivity contribution in [3.8, 4) is 11.8 Å². The van der Waals surface area contributed by atoms with Gasteiger partial charge in [0.2, 0.25) is 11.9 Å². The molecule has 3 aromatic rings. The number of carbonyl (C=O) groups excluding carboxylic acids is 1. The van der Waals surface area contributed by atoms with E-state index in [1.807, 2.05) is 26.2 Å². The number of halogens is 2. The number of hydrogen-bond acceptors (Lipinski definition) is 10. The average Bonchev–Trinajstić information content (AvgIpc) is 3.45. The second-order valence-electron chi connectivity index (χ2n) is 10.8. The predicted octanol–water partition coefficient (Wildman–Crippen LogP) is 5.13. The van der Waals surface area contributed by atoms with Crippen LogP contribution in [0.2, 0.25) is 5.02 Å². The zero-order chi connectivity index (χ0) is 31.5. The highest BCUT2D eigenvalue weighted by Gasteiger charge is 2.28. The molecule has 11 nitrogen and oxygen atoms in total. The lowest BCUT2D eigenvalue weighted by Crippen LogP contribution is -2.31. The standard InChI is InChI=1S/C30H34ClFN8O3/c1-7-27(41)35-23-12-24(26(43-6)13-25(23)40-9-8-18(16-40)39(4)5)37-29-34-15-17(14-33)28(38-29)36-22-11-20(31)21(32)10-19(22)30(2,3)42/h7,10-13,15,18,42H,1,8-9,16H2,2-6H3,(H,35,41)(H2,34,36,37,38). The van der Waals surface area contributed by atoms with Crippen molar-refractivity contribution in [2.24, 2.45) is 0 Å². The van der Waals surface area contributed by atoms with E-state index >= 15 is 0 Å². The molecule has 0 radical (unpaired) electrons. The van der Waals surface area contributed by atoms with E-state index < -0.39 is 11.4 Å². The number of anilines is 6. The van der Waals surface area contributed by atoms with Crippen LogP contribution in [0.3, 0.4) is 0 Å². The molecule has 2 heterocycles. The Balaban J connectivity index is 1.73. The Bertz CT molecular complexity index is 1590. The van der Waals surface area contributed by atoms with Crippen LogP contribution < -0.4 is 25.6 Å². The Kier molecular flexibility index (Phi) is 9.40. The van der Waals surface area contributed by atoms with Crippen LogP contribution in [0.4, 0.5) is 38.9 Å². The minimum Gasteiger partial charge on any atom is -0.494 e. The molecule has 1 unspecified atom stereocenters. The molecule has 4 rings (SSSR count). The molecule has 0 aliphatic carbocycles. The summed E-state index contributed by atoms with van der Waals surface area (Å²) < 4.78 is 20.0. The SMILES string of the molecule is C=CC(=O)Nc1cc(Nc2ncc(C#N)c(Nc3cc(Cl)c(F)cc3C(C)(C)O)n2)c(OC)cc1N1CCC(N(C)C)C1. The lowest BCUT2D eigenvalue weighted by molar-refractivity contribution is -0.111. The summed E-state index contributed by atoms with van der Waals surface area (Å²) >= 11 is 6.03. The normalized spacial score (nSPS) is 14.8. The van der Waals surface area contributed by atoms with E-state index in [-0.39, 0.29) is 39.5 Å². The van der Waals surface area contributed by atoms with Crippen LogP contribution in [0.5, 0.6) is 5.75 Å². The number of aromatic nitrogens is 2. The molecular formula is C30H34ClFN8O3. The predicted molar refractivity (Wildman–Crippen MR) is 166 cm³/mol. The molecule has 13 heteroatoms. The van der Waals surface area contributed by atoms with Crippen LogP contribution in [0.25, 0.3) is 0 Å². The van der Waals surface area contributed by atoms with Crippen molar-refractivity contribution in [2.45, 2.75) is 31.9 Å². The highest BCUT2D eigenvalue weighted by Crippen LogP contribution is 2.40. The van der Waals surface area contributed by atoms with Gasteiger partial charge in [-0.25, -0.2) is 9.37 Å². The lowest BCUT2D eigenvalue weighted by atomic mass is 9.96. The first kappa shape index (κ1) is 31.5. The molecule has 0 spiro atoms. The highest BCUT2D eigenvalue weighted by atomic mass is 35.5. The van der Waals surface area contributed by atoms with Gasteiger partial charge < -0.3 is 35.6 Å². The van der Waals surface area contributed by atoms with E-state index in [4.69, 9.17) is 16.3 Å². The maximum absolute atomic E-state index is 14.3. The summed E-state index contributed by atoms with van der Waals surface area (Å²) in [6.07, 6.45) is 3.48. The number of likely N-dealkylation sites (N-methyl/N-ethyl adjacent to an activating group) is 1. The molecular weight excluding hydrogens is 575 g/mol. The summed E-state index contributed by atoms with van der Waals surface area (Å²) in [4.78, 5) is 25.5. The Hall–Kier alpha value is -4.44. The van der Waals surface area contributed by atoms with E-state index in [0.29, 0.717) is 23.2 Å². The van der Waals surface area contributed by atoms with Gasteiger partial charge in [-0.05, 0) is 58.6 Å². The van der Waals surface area contributed by atoms with Crippen LogP contribution in [0.1, 0.15) is 31.4 Å². The molecule has 1 aliphatic heterocycles. The van der Waals surface area contributed by atoms with Gasteiger partial charge >= 0.3 is 0 Å². The third-order valence-corrected chi connectivity index (χ3v) is 7.41. The third-order valence-electron chi connectivity index (χ3n) is 7.12. The number of hydrogen-bond donors (Lipinski definition) is 4. The van der Waals surface area contributed by atoms with Crippen molar-refractivity contribution in [2.75, 3.05) is 55.1 Å². The van der Waals surface area contributed by atoms with Crippen LogP contribution >= 0.6 is 11.6 Å². The molecule has 4 N–H and O–H groups in total. The van der Waals surface area contributed by atoms with Gasteiger partial charge in [-0.15, -0.1) is 0 Å². The fourth-order valence-electron chi connectivity index (χ4n) is 4.79. The number of ether oxygens (including phenoxy) is 1. The number of methoxy groups -OCH3 is 1. The Labute approximate surface area is 254 Å². The van der Waals surface area contributed by atoms with Gasteiger partial charge in [-0.3, -0.25) is 4.79 Å². The summed E-state index contributed by atoms with van der Waals surface area (Å²) in [6.45, 7) is 8.13. The van der Waals surface area contributed by atoms with E-state index in [2.05, 4.69) is 42.3 Å². The van der Waals surface area contributed by atoms with Crippen LogP contribution in [-0.2, 0) is 10.4 Å². The summed E-state index contributed by atoms with van der Waals surface area (Å²) in [5, 5.41) is 29.2. The van der Waals surface area contributed by atoms with E-state index in [9.17, 15) is 19.6 Å². The Morgan fingerprint density at radius 1 is 1.28 bits per heavy atom. The number of nitriles is 1. The lowest BCUT2D eigenvalue weighted by Gasteiger charge is -2.25. The highest BCUT2D eigenvalue weighted by molar-refractivity contribution is 6.31. The maximum Gasteiger partial charge on any atom is 0.247 e. The number of carbonyl (C=O) groups is 1. The zero-order valence-electron chi connectivity index (χ0n) is 24.6. The molecule has 1 amide bonds. The molecule has 1 fully saturated rings. The quantitative estimate of drug-likeness (QED) is 0.229. The fourth-order valence-corrected chi connectivity index (χ4v) is 4.95. The minimum absolute atomic E-state index is 0.0933. The summed E-state index contributed by atoms with van der Waals surface area (Å²) in [6, 6.07) is 8.38. The Morgan fingerprint density at radius 3 is 2.63 bits per heavy atom. The molecule has 0 bridgehead atoms. The monoisotopic (exact) mass is 608 g/mol. The maximum atomic E-state index is 14.3. The average molecular weight is 609 g/mol. The van der Waals surface area contributed by atoms with Gasteiger partial charge in [-0.1, -0.05) is 18.2 Å². The number of benzene rings is 2. The topological polar surface area (TPSA) is 139 Å². The van der Waals surface area contributed by atoms with Crippen molar-refractivity contribution < 1.29 is 19.0 Å². The van der Waals surface area contributed by atoms with Gasteiger partial charge in [0.05, 0.1) is 41.0 Å². The summed E-state index contributed by atoms with van der Waals surface area (Å²) in [5.74, 6) is -0.411.